The third kappa shape index (κ3) is 3.99. The van der Waals surface area contributed by atoms with Crippen molar-refractivity contribution in [2.75, 3.05) is 5.32 Å². The molecule has 1 amide bonds. The van der Waals surface area contributed by atoms with E-state index in [0.717, 1.165) is 16.8 Å². The summed E-state index contributed by atoms with van der Waals surface area (Å²) in [7, 11) is 0. The highest BCUT2D eigenvalue weighted by Crippen LogP contribution is 2.18. The van der Waals surface area contributed by atoms with Crippen LogP contribution in [-0.4, -0.2) is 5.91 Å². The van der Waals surface area contributed by atoms with Crippen molar-refractivity contribution in [1.29, 1.82) is 0 Å². The molecule has 0 unspecified atom stereocenters. The van der Waals surface area contributed by atoms with Crippen LogP contribution in [-0.2, 0) is 4.79 Å². The number of hydrogen-bond acceptors (Lipinski definition) is 1. The summed E-state index contributed by atoms with van der Waals surface area (Å²) in [5, 5.41) is 2.80. The normalized spacial score (nSPS) is 8.21. The summed E-state index contributed by atoms with van der Waals surface area (Å²) >= 11 is 0. The summed E-state index contributed by atoms with van der Waals surface area (Å²) in [5.41, 5.74) is 3.14. The van der Waals surface area contributed by atoms with E-state index in [2.05, 4.69) is 5.32 Å². The number of para-hydroxylation sites is 1. The van der Waals surface area contributed by atoms with Gasteiger partial charge in [0.05, 0.1) is 0 Å². The molecule has 0 saturated heterocycles. The molecule has 0 atom stereocenters. The zero-order valence-electron chi connectivity index (χ0n) is 8.46. The standard InChI is InChI=1S/C10H13NO.2ClH/c1-7-5-4-6-8(2)10(7)11-9(3)12;;/h4-6H,1-3H3,(H,11,12);2*1H. The van der Waals surface area contributed by atoms with E-state index < -0.39 is 0 Å². The molecular weight excluding hydrogens is 221 g/mol. The predicted octanol–water partition coefficient (Wildman–Crippen LogP) is 3.11. The molecule has 0 aliphatic carbocycles. The molecule has 1 rings (SSSR count). The largest absolute Gasteiger partial charge is 0.326 e. The van der Waals surface area contributed by atoms with Gasteiger partial charge in [-0.2, -0.15) is 0 Å². The minimum Gasteiger partial charge on any atom is -0.326 e. The van der Waals surface area contributed by atoms with Crippen molar-refractivity contribution >= 4 is 36.4 Å². The maximum Gasteiger partial charge on any atom is 0.221 e. The second kappa shape index (κ2) is 6.68. The summed E-state index contributed by atoms with van der Waals surface area (Å²) in [6, 6.07) is 5.95. The van der Waals surface area contributed by atoms with Crippen LogP contribution in [0.3, 0.4) is 0 Å². The van der Waals surface area contributed by atoms with Gasteiger partial charge in [0.15, 0.2) is 0 Å². The number of carbonyl (C=O) groups excluding carboxylic acids is 1. The van der Waals surface area contributed by atoms with Gasteiger partial charge in [0, 0.05) is 12.6 Å². The number of halogens is 2. The maximum absolute atomic E-state index is 10.8. The molecule has 0 aliphatic rings. The molecule has 1 aromatic rings. The Balaban J connectivity index is 0. The Morgan fingerprint density at radius 1 is 1.14 bits per heavy atom. The number of aryl methyl sites for hydroxylation is 2. The highest BCUT2D eigenvalue weighted by Gasteiger charge is 2.01. The van der Waals surface area contributed by atoms with Crippen molar-refractivity contribution in [2.45, 2.75) is 20.8 Å². The van der Waals surface area contributed by atoms with Crippen molar-refractivity contribution in [3.05, 3.63) is 29.3 Å². The first-order chi connectivity index (χ1) is 5.61. The molecular formula is C10H15Cl2NO. The Bertz CT molecular complexity index is 293. The number of carbonyl (C=O) groups is 1. The van der Waals surface area contributed by atoms with E-state index in [4.69, 9.17) is 0 Å². The van der Waals surface area contributed by atoms with Gasteiger partial charge < -0.3 is 5.32 Å². The Kier molecular flexibility index (Phi) is 7.51. The fraction of sp³-hybridized carbons (Fsp3) is 0.300. The molecule has 0 bridgehead atoms. The van der Waals surface area contributed by atoms with Crippen LogP contribution in [0.15, 0.2) is 18.2 Å². The molecule has 1 N–H and O–H groups in total. The zero-order valence-corrected chi connectivity index (χ0v) is 10.1. The van der Waals surface area contributed by atoms with Gasteiger partial charge in [0.2, 0.25) is 5.91 Å². The number of nitrogens with one attached hydrogen (secondary N) is 1. The van der Waals surface area contributed by atoms with Crippen LogP contribution in [0.25, 0.3) is 0 Å². The average Bonchev–Trinajstić information content (AvgIpc) is 1.97. The SMILES string of the molecule is CC(=O)Nc1c(C)cccc1C.Cl.Cl. The van der Waals surface area contributed by atoms with Crippen molar-refractivity contribution in [1.82, 2.24) is 0 Å². The van der Waals surface area contributed by atoms with E-state index in [-0.39, 0.29) is 30.7 Å². The molecule has 4 heteroatoms. The van der Waals surface area contributed by atoms with Crippen molar-refractivity contribution in [3.8, 4) is 0 Å². The van der Waals surface area contributed by atoms with Gasteiger partial charge in [-0.15, -0.1) is 24.8 Å². The zero-order chi connectivity index (χ0) is 9.14. The summed E-state index contributed by atoms with van der Waals surface area (Å²) in [6.45, 7) is 5.49. The van der Waals surface area contributed by atoms with Crippen LogP contribution < -0.4 is 5.32 Å². The van der Waals surface area contributed by atoms with Crippen LogP contribution in [0.1, 0.15) is 18.1 Å². The van der Waals surface area contributed by atoms with Gasteiger partial charge in [0.1, 0.15) is 0 Å². The minimum absolute atomic E-state index is 0. The van der Waals surface area contributed by atoms with Gasteiger partial charge in [-0.3, -0.25) is 4.79 Å². The fourth-order valence-corrected chi connectivity index (χ4v) is 1.19. The van der Waals surface area contributed by atoms with Gasteiger partial charge in [0.25, 0.3) is 0 Å². The first-order valence-corrected chi connectivity index (χ1v) is 3.95. The summed E-state index contributed by atoms with van der Waals surface area (Å²) in [5.74, 6) is -0.0209. The topological polar surface area (TPSA) is 29.1 Å². The lowest BCUT2D eigenvalue weighted by atomic mass is 10.1. The summed E-state index contributed by atoms with van der Waals surface area (Å²) in [6.07, 6.45) is 0. The number of hydrogen-bond donors (Lipinski definition) is 1. The van der Waals surface area contributed by atoms with Gasteiger partial charge in [-0.1, -0.05) is 18.2 Å². The molecule has 0 aromatic heterocycles. The third-order valence-electron chi connectivity index (χ3n) is 1.78. The fourth-order valence-electron chi connectivity index (χ4n) is 1.19. The quantitative estimate of drug-likeness (QED) is 0.797. The number of amides is 1. The van der Waals surface area contributed by atoms with Crippen molar-refractivity contribution in [3.63, 3.8) is 0 Å². The van der Waals surface area contributed by atoms with Gasteiger partial charge >= 0.3 is 0 Å². The van der Waals surface area contributed by atoms with Crippen LogP contribution in [0, 0.1) is 13.8 Å². The van der Waals surface area contributed by atoms with Crippen molar-refractivity contribution in [2.24, 2.45) is 0 Å². The van der Waals surface area contributed by atoms with Crippen LogP contribution >= 0.6 is 24.8 Å². The highest BCUT2D eigenvalue weighted by molar-refractivity contribution is 5.90. The second-order valence-corrected chi connectivity index (χ2v) is 2.95. The first kappa shape index (κ1) is 15.7. The molecule has 14 heavy (non-hydrogen) atoms. The van der Waals surface area contributed by atoms with Gasteiger partial charge in [-0.25, -0.2) is 0 Å². The van der Waals surface area contributed by atoms with Crippen molar-refractivity contribution < 1.29 is 4.79 Å². The lowest BCUT2D eigenvalue weighted by Gasteiger charge is -2.08. The van der Waals surface area contributed by atoms with E-state index in [9.17, 15) is 4.79 Å². The van der Waals surface area contributed by atoms with E-state index in [1.165, 1.54) is 6.92 Å². The van der Waals surface area contributed by atoms with E-state index in [1.807, 2.05) is 32.0 Å². The number of benzene rings is 1. The molecule has 80 valence electrons. The Labute approximate surface area is 96.9 Å². The second-order valence-electron chi connectivity index (χ2n) is 2.95. The predicted molar refractivity (Wildman–Crippen MR) is 64.7 cm³/mol. The van der Waals surface area contributed by atoms with Crippen LogP contribution in [0.4, 0.5) is 5.69 Å². The monoisotopic (exact) mass is 235 g/mol. The van der Waals surface area contributed by atoms with E-state index in [1.54, 1.807) is 0 Å². The van der Waals surface area contributed by atoms with Gasteiger partial charge in [-0.05, 0) is 25.0 Å². The average molecular weight is 236 g/mol. The molecule has 2 nitrogen and oxygen atoms in total. The molecule has 1 aromatic carbocycles. The van der Waals surface area contributed by atoms with E-state index >= 15 is 0 Å². The molecule has 0 fully saturated rings. The third-order valence-corrected chi connectivity index (χ3v) is 1.78. The lowest BCUT2D eigenvalue weighted by Crippen LogP contribution is -2.08. The van der Waals surface area contributed by atoms with Crippen LogP contribution in [0.2, 0.25) is 0 Å². The minimum atomic E-state index is -0.0209. The Hall–Kier alpha value is -0.730. The first-order valence-electron chi connectivity index (χ1n) is 3.95. The van der Waals surface area contributed by atoms with Crippen LogP contribution in [0.5, 0.6) is 0 Å². The molecule has 0 radical (unpaired) electrons. The molecule has 0 saturated carbocycles. The highest BCUT2D eigenvalue weighted by atomic mass is 35.5. The van der Waals surface area contributed by atoms with E-state index in [0.29, 0.717) is 0 Å². The Morgan fingerprint density at radius 2 is 1.57 bits per heavy atom. The summed E-state index contributed by atoms with van der Waals surface area (Å²) in [4.78, 5) is 10.8. The molecule has 0 aliphatic heterocycles. The summed E-state index contributed by atoms with van der Waals surface area (Å²) < 4.78 is 0. The Morgan fingerprint density at radius 3 is 1.93 bits per heavy atom. The lowest BCUT2D eigenvalue weighted by molar-refractivity contribution is -0.114. The molecule has 0 heterocycles. The smallest absolute Gasteiger partial charge is 0.221 e. The number of anilines is 1. The maximum atomic E-state index is 10.8. The molecule has 0 spiro atoms. The number of rotatable bonds is 1.